The highest BCUT2D eigenvalue weighted by Gasteiger charge is 2.37. The van der Waals surface area contributed by atoms with Gasteiger partial charge in [0.2, 0.25) is 0 Å². The van der Waals surface area contributed by atoms with Crippen molar-refractivity contribution in [2.24, 2.45) is 0 Å². The molecule has 0 amide bonds. The first-order valence-corrected chi connectivity index (χ1v) is 25.1. The Labute approximate surface area is 259 Å². The monoisotopic (exact) mass is 660 g/mol. The van der Waals surface area contributed by atoms with Gasteiger partial charge in [0.25, 0.3) is 0 Å². The Morgan fingerprint density at radius 1 is 0.405 bits per heavy atom. The number of methoxy groups -OCH3 is 1. The third-order valence-electron chi connectivity index (χ3n) is 5.29. The summed E-state index contributed by atoms with van der Waals surface area (Å²) in [5.74, 6) is 0. The lowest BCUT2D eigenvalue weighted by atomic mass is 10.5. The number of rotatable bonds is 33. The lowest BCUT2D eigenvalue weighted by molar-refractivity contribution is -0.0242. The van der Waals surface area contributed by atoms with Crippen LogP contribution in [0.15, 0.2) is 0 Å². The molecule has 0 aromatic carbocycles. The summed E-state index contributed by atoms with van der Waals surface area (Å²) in [6.45, 7) is 25.4. The van der Waals surface area contributed by atoms with E-state index < -0.39 is 25.0 Å². The molecule has 0 fully saturated rings. The smallest absolute Gasteiger partial charge is 0.324 e. The Hall–Kier alpha value is 0.211. The van der Waals surface area contributed by atoms with Crippen LogP contribution in [-0.2, 0) is 51.2 Å². The van der Waals surface area contributed by atoms with Crippen molar-refractivity contribution in [2.45, 2.75) is 58.3 Å². The molecule has 0 rings (SSSR count). The van der Waals surface area contributed by atoms with Crippen molar-refractivity contribution in [3.05, 3.63) is 0 Å². The van der Waals surface area contributed by atoms with Crippen LogP contribution < -0.4 is 0 Å². The van der Waals surface area contributed by atoms with Crippen molar-refractivity contribution in [1.82, 2.24) is 0 Å². The van der Waals surface area contributed by atoms with E-state index in [9.17, 15) is 0 Å². The van der Waals surface area contributed by atoms with E-state index >= 15 is 0 Å². The van der Waals surface area contributed by atoms with Gasteiger partial charge in [0.05, 0.1) is 114 Å². The largest absolute Gasteiger partial charge is 0.436 e. The molecule has 0 aromatic rings. The maximum atomic E-state index is 6.54. The van der Waals surface area contributed by atoms with Crippen LogP contribution in [0.3, 0.4) is 0 Å². The van der Waals surface area contributed by atoms with Gasteiger partial charge in [0.1, 0.15) is 0 Å². The zero-order valence-corrected chi connectivity index (χ0v) is 31.1. The Balaban J connectivity index is 3.42. The van der Waals surface area contributed by atoms with Crippen molar-refractivity contribution in [3.8, 4) is 0 Å². The third kappa shape index (κ3) is 33.1. The SMILES string of the molecule is COCCOCCOCCOCCOCCOCCOCCOCCOCCC[Si](C)(OC[Si](C)(C)C)O[Si](C)(C)C. The second-order valence-electron chi connectivity index (χ2n) is 12.2. The van der Waals surface area contributed by atoms with Gasteiger partial charge in [-0.3, -0.25) is 0 Å². The molecule has 42 heavy (non-hydrogen) atoms. The fraction of sp³-hybridized carbons (Fsp3) is 1.00. The zero-order valence-electron chi connectivity index (χ0n) is 28.1. The van der Waals surface area contributed by atoms with Crippen molar-refractivity contribution >= 4 is 25.0 Å². The highest BCUT2D eigenvalue weighted by atomic mass is 28.4. The minimum atomic E-state index is -2.18. The van der Waals surface area contributed by atoms with E-state index in [2.05, 4.69) is 45.8 Å². The zero-order chi connectivity index (χ0) is 31.4. The van der Waals surface area contributed by atoms with Crippen LogP contribution in [0.4, 0.5) is 0 Å². The quantitative estimate of drug-likeness (QED) is 0.0755. The average molecular weight is 661 g/mol. The van der Waals surface area contributed by atoms with E-state index in [1.807, 2.05) is 0 Å². The van der Waals surface area contributed by atoms with E-state index in [0.717, 1.165) is 18.7 Å². The lowest BCUT2D eigenvalue weighted by Gasteiger charge is -2.35. The van der Waals surface area contributed by atoms with Gasteiger partial charge in [-0.1, -0.05) is 19.6 Å². The lowest BCUT2D eigenvalue weighted by Crippen LogP contribution is -2.50. The summed E-state index contributed by atoms with van der Waals surface area (Å²) in [7, 11) is -3.46. The van der Waals surface area contributed by atoms with Gasteiger partial charge in [-0.2, -0.15) is 0 Å². The number of ether oxygens (including phenoxy) is 9. The molecule has 0 aliphatic carbocycles. The molecule has 254 valence electrons. The fourth-order valence-corrected chi connectivity index (χ4v) is 13.2. The molecule has 0 saturated carbocycles. The minimum absolute atomic E-state index is 0.528. The van der Waals surface area contributed by atoms with E-state index in [4.69, 9.17) is 51.2 Å². The summed E-state index contributed by atoms with van der Waals surface area (Å²) in [5.41, 5.74) is 0. The van der Waals surface area contributed by atoms with Crippen LogP contribution in [0.2, 0.25) is 51.9 Å². The van der Waals surface area contributed by atoms with Crippen molar-refractivity contribution in [2.75, 3.05) is 126 Å². The molecule has 1 unspecified atom stereocenters. The summed E-state index contributed by atoms with van der Waals surface area (Å²) in [5, 5.41) is 0. The number of hydrogen-bond donors (Lipinski definition) is 0. The summed E-state index contributed by atoms with van der Waals surface area (Å²) < 4.78 is 61.9. The van der Waals surface area contributed by atoms with Crippen LogP contribution in [0.25, 0.3) is 0 Å². The fourth-order valence-electron chi connectivity index (χ4n) is 3.45. The first-order chi connectivity index (χ1) is 20.0. The molecular formula is C28H64O11Si3. The number of hydrogen-bond acceptors (Lipinski definition) is 11. The van der Waals surface area contributed by atoms with Crippen molar-refractivity contribution in [1.29, 1.82) is 0 Å². The highest BCUT2D eigenvalue weighted by Crippen LogP contribution is 2.23. The van der Waals surface area contributed by atoms with E-state index in [-0.39, 0.29) is 0 Å². The molecule has 0 N–H and O–H groups in total. The normalized spacial score (nSPS) is 14.0. The molecule has 0 aromatic heterocycles. The van der Waals surface area contributed by atoms with Gasteiger partial charge in [-0.15, -0.1) is 0 Å². The Kier molecular flexibility index (Phi) is 27.7. The molecule has 11 nitrogen and oxygen atoms in total. The standard InChI is InChI=1S/C28H64O11Si3/c1-29-11-12-31-15-16-33-19-20-35-23-24-37-26-25-36-22-21-34-18-17-32-14-13-30-10-9-27-42(8,39-41(5,6)7)38-28-40(2,3)4/h9-28H2,1-8H3. The predicted molar refractivity (Wildman–Crippen MR) is 173 cm³/mol. The highest BCUT2D eigenvalue weighted by molar-refractivity contribution is 6.83. The molecule has 0 aliphatic heterocycles. The minimum Gasteiger partial charge on any atom is -0.436 e. The van der Waals surface area contributed by atoms with E-state index in [1.54, 1.807) is 7.11 Å². The summed E-state index contributed by atoms with van der Waals surface area (Å²) >= 11 is 0. The van der Waals surface area contributed by atoms with Crippen LogP contribution >= 0.6 is 0 Å². The van der Waals surface area contributed by atoms with Gasteiger partial charge < -0.3 is 51.2 Å². The molecule has 14 heteroatoms. The predicted octanol–water partition coefficient (Wildman–Crippen LogP) is 3.97. The average Bonchev–Trinajstić information content (AvgIpc) is 2.90. The first kappa shape index (κ1) is 42.2. The molecule has 0 aliphatic rings. The first-order valence-electron chi connectivity index (χ1n) is 15.4. The Morgan fingerprint density at radius 2 is 0.714 bits per heavy atom. The Bertz CT molecular complexity index is 580. The van der Waals surface area contributed by atoms with Crippen LogP contribution in [-0.4, -0.2) is 151 Å². The summed E-state index contributed by atoms with van der Waals surface area (Å²) in [6, 6.07) is 0.961. The topological polar surface area (TPSA) is 102 Å². The van der Waals surface area contributed by atoms with Gasteiger partial charge in [-0.25, -0.2) is 0 Å². The van der Waals surface area contributed by atoms with Gasteiger partial charge >= 0.3 is 8.56 Å². The van der Waals surface area contributed by atoms with Crippen LogP contribution in [0.5, 0.6) is 0 Å². The van der Waals surface area contributed by atoms with Crippen LogP contribution in [0, 0.1) is 0 Å². The second kappa shape index (κ2) is 27.5. The molecule has 0 radical (unpaired) electrons. The van der Waals surface area contributed by atoms with Crippen molar-refractivity contribution in [3.63, 3.8) is 0 Å². The Morgan fingerprint density at radius 3 is 1.00 bits per heavy atom. The van der Waals surface area contributed by atoms with Gasteiger partial charge in [0, 0.05) is 19.9 Å². The van der Waals surface area contributed by atoms with Crippen LogP contribution in [0.1, 0.15) is 6.42 Å². The van der Waals surface area contributed by atoms with Gasteiger partial charge in [-0.05, 0) is 38.7 Å². The maximum absolute atomic E-state index is 6.54. The second-order valence-corrected chi connectivity index (χ2v) is 25.7. The molecule has 0 saturated heterocycles. The molecule has 1 atom stereocenters. The van der Waals surface area contributed by atoms with E-state index in [1.165, 1.54) is 0 Å². The molecule has 0 heterocycles. The third-order valence-corrected chi connectivity index (χ3v) is 12.8. The molecular weight excluding hydrogens is 597 g/mol. The summed E-state index contributed by atoms with van der Waals surface area (Å²) in [6.07, 6.45) is 1.81. The molecule has 0 bridgehead atoms. The van der Waals surface area contributed by atoms with Gasteiger partial charge in [0.15, 0.2) is 8.32 Å². The summed E-state index contributed by atoms with van der Waals surface area (Å²) in [4.78, 5) is 0. The van der Waals surface area contributed by atoms with E-state index in [0.29, 0.717) is 112 Å². The maximum Gasteiger partial charge on any atom is 0.324 e. The molecule has 0 spiro atoms. The van der Waals surface area contributed by atoms with Crippen molar-refractivity contribution < 1.29 is 51.2 Å².